The van der Waals surface area contributed by atoms with E-state index in [1.54, 1.807) is 35.4 Å². The van der Waals surface area contributed by atoms with Crippen LogP contribution in [0.4, 0.5) is 5.69 Å². The molecule has 1 aromatic heterocycles. The predicted molar refractivity (Wildman–Crippen MR) is 91.0 cm³/mol. The van der Waals surface area contributed by atoms with Gasteiger partial charge in [0, 0.05) is 24.8 Å². The highest BCUT2D eigenvalue weighted by Crippen LogP contribution is 2.27. The maximum Gasteiger partial charge on any atom is 0.240 e. The lowest BCUT2D eigenvalue weighted by atomic mass is 10.2. The number of aryl methyl sites for hydroxylation is 1. The molecule has 1 fully saturated rings. The van der Waals surface area contributed by atoms with Crippen molar-refractivity contribution in [1.29, 1.82) is 0 Å². The summed E-state index contributed by atoms with van der Waals surface area (Å²) >= 11 is 0. The van der Waals surface area contributed by atoms with Crippen LogP contribution in [0.2, 0.25) is 0 Å². The number of aromatic nitrogens is 1. The second-order valence-electron chi connectivity index (χ2n) is 5.74. The molecule has 1 aliphatic rings. The maximum atomic E-state index is 12.4. The van der Waals surface area contributed by atoms with E-state index in [2.05, 4.69) is 9.71 Å². The van der Waals surface area contributed by atoms with Crippen LogP contribution in [0.5, 0.6) is 0 Å². The largest absolute Gasteiger partial charge is 0.312 e. The third kappa shape index (κ3) is 3.47. The Morgan fingerprint density at radius 3 is 2.71 bits per heavy atom. The molecular weight excluding hydrogens is 326 g/mol. The van der Waals surface area contributed by atoms with E-state index in [1.165, 1.54) is 6.07 Å². The third-order valence-corrected chi connectivity index (χ3v) is 5.41. The molecule has 2 heterocycles. The number of carbonyl (C=O) groups is 1. The zero-order valence-electron chi connectivity index (χ0n) is 13.4. The fraction of sp³-hybridized carbons (Fsp3) is 0.294. The number of pyridine rings is 1. The first-order valence-electron chi connectivity index (χ1n) is 7.78. The Kier molecular flexibility index (Phi) is 4.64. The van der Waals surface area contributed by atoms with Gasteiger partial charge in [0.25, 0.3) is 0 Å². The molecule has 6 nitrogen and oxygen atoms in total. The summed E-state index contributed by atoms with van der Waals surface area (Å²) in [6, 6.07) is 10.2. The standard InChI is InChI=1S/C17H19N3O3S/c1-13-11-15(7-8-16(13)20-10-4-6-17(20)21)24(22,23)19-12-14-5-2-3-9-18-14/h2-3,5,7-9,11,19H,4,6,10,12H2,1H3. The minimum atomic E-state index is -3.63. The average Bonchev–Trinajstić information content (AvgIpc) is 3.00. The molecule has 1 saturated heterocycles. The highest BCUT2D eigenvalue weighted by atomic mass is 32.2. The van der Waals surface area contributed by atoms with Crippen molar-refractivity contribution in [2.45, 2.75) is 31.2 Å². The number of carbonyl (C=O) groups excluding carboxylic acids is 1. The molecule has 2 aromatic rings. The van der Waals surface area contributed by atoms with E-state index >= 15 is 0 Å². The SMILES string of the molecule is Cc1cc(S(=O)(=O)NCc2ccccn2)ccc1N1CCCC1=O. The van der Waals surface area contributed by atoms with Gasteiger partial charge in [-0.1, -0.05) is 6.07 Å². The molecule has 126 valence electrons. The minimum absolute atomic E-state index is 0.0852. The second kappa shape index (κ2) is 6.70. The van der Waals surface area contributed by atoms with E-state index < -0.39 is 10.0 Å². The Balaban J connectivity index is 1.78. The van der Waals surface area contributed by atoms with Crippen molar-refractivity contribution >= 4 is 21.6 Å². The van der Waals surface area contributed by atoms with Crippen molar-refractivity contribution in [3.8, 4) is 0 Å². The molecule has 1 N–H and O–H groups in total. The summed E-state index contributed by atoms with van der Waals surface area (Å²) < 4.78 is 27.4. The van der Waals surface area contributed by atoms with Crippen LogP contribution in [-0.4, -0.2) is 25.9 Å². The molecule has 0 spiro atoms. The molecule has 0 aliphatic carbocycles. The Hall–Kier alpha value is -2.25. The first-order valence-corrected chi connectivity index (χ1v) is 9.26. The van der Waals surface area contributed by atoms with Gasteiger partial charge in [-0.3, -0.25) is 9.78 Å². The highest BCUT2D eigenvalue weighted by Gasteiger charge is 2.24. The van der Waals surface area contributed by atoms with Gasteiger partial charge >= 0.3 is 0 Å². The van der Waals surface area contributed by atoms with Crippen molar-refractivity contribution in [2.24, 2.45) is 0 Å². The van der Waals surface area contributed by atoms with E-state index in [1.807, 2.05) is 13.0 Å². The number of anilines is 1. The molecular formula is C17H19N3O3S. The van der Waals surface area contributed by atoms with Gasteiger partial charge in [-0.2, -0.15) is 0 Å². The number of hydrogen-bond acceptors (Lipinski definition) is 4. The topological polar surface area (TPSA) is 79.4 Å². The number of benzene rings is 1. The van der Waals surface area contributed by atoms with Gasteiger partial charge in [-0.15, -0.1) is 0 Å². The van der Waals surface area contributed by atoms with Crippen LogP contribution in [0.25, 0.3) is 0 Å². The van der Waals surface area contributed by atoms with Gasteiger partial charge < -0.3 is 4.90 Å². The van der Waals surface area contributed by atoms with Gasteiger partial charge in [0.05, 0.1) is 17.1 Å². The molecule has 3 rings (SSSR count). The first kappa shape index (κ1) is 16.6. The molecule has 0 atom stereocenters. The quantitative estimate of drug-likeness (QED) is 0.899. The normalized spacial score (nSPS) is 15.0. The average molecular weight is 345 g/mol. The second-order valence-corrected chi connectivity index (χ2v) is 7.51. The molecule has 24 heavy (non-hydrogen) atoms. The Morgan fingerprint density at radius 2 is 2.08 bits per heavy atom. The van der Waals surface area contributed by atoms with Gasteiger partial charge in [0.2, 0.25) is 15.9 Å². The van der Waals surface area contributed by atoms with Gasteiger partial charge in [0.1, 0.15) is 0 Å². The fourth-order valence-electron chi connectivity index (χ4n) is 2.76. The first-order chi connectivity index (χ1) is 11.5. The van der Waals surface area contributed by atoms with Gasteiger partial charge in [0.15, 0.2) is 0 Å². The summed E-state index contributed by atoms with van der Waals surface area (Å²) in [5, 5.41) is 0. The van der Waals surface area contributed by atoms with Gasteiger partial charge in [-0.25, -0.2) is 13.1 Å². The summed E-state index contributed by atoms with van der Waals surface area (Å²) in [4.78, 5) is 17.9. The van der Waals surface area contributed by atoms with Crippen molar-refractivity contribution in [2.75, 3.05) is 11.4 Å². The molecule has 0 radical (unpaired) electrons. The molecule has 1 amide bonds. The Morgan fingerprint density at radius 1 is 1.25 bits per heavy atom. The lowest BCUT2D eigenvalue weighted by Gasteiger charge is -2.19. The lowest BCUT2D eigenvalue weighted by molar-refractivity contribution is -0.117. The van der Waals surface area contributed by atoms with Crippen LogP contribution in [-0.2, 0) is 21.4 Å². The van der Waals surface area contributed by atoms with Crippen LogP contribution < -0.4 is 9.62 Å². The fourth-order valence-corrected chi connectivity index (χ4v) is 3.84. The zero-order valence-corrected chi connectivity index (χ0v) is 14.2. The predicted octanol–water partition coefficient (Wildman–Crippen LogP) is 2.00. The zero-order chi connectivity index (χ0) is 17.2. The molecule has 7 heteroatoms. The van der Waals surface area contributed by atoms with Crippen LogP contribution in [0.1, 0.15) is 24.1 Å². The summed E-state index contributed by atoms with van der Waals surface area (Å²) in [5.41, 5.74) is 2.20. The van der Waals surface area contributed by atoms with E-state index in [9.17, 15) is 13.2 Å². The van der Waals surface area contributed by atoms with E-state index in [0.29, 0.717) is 18.7 Å². The number of sulfonamides is 1. The van der Waals surface area contributed by atoms with Crippen molar-refractivity contribution in [1.82, 2.24) is 9.71 Å². The monoisotopic (exact) mass is 345 g/mol. The highest BCUT2D eigenvalue weighted by molar-refractivity contribution is 7.89. The lowest BCUT2D eigenvalue weighted by Crippen LogP contribution is -2.26. The minimum Gasteiger partial charge on any atom is -0.312 e. The molecule has 0 unspecified atom stereocenters. The molecule has 0 bridgehead atoms. The summed E-state index contributed by atoms with van der Waals surface area (Å²) in [5.74, 6) is 0.0852. The smallest absolute Gasteiger partial charge is 0.240 e. The van der Waals surface area contributed by atoms with E-state index in [0.717, 1.165) is 17.7 Å². The number of nitrogens with one attached hydrogen (secondary N) is 1. The Labute approximate surface area is 141 Å². The van der Waals surface area contributed by atoms with E-state index in [4.69, 9.17) is 0 Å². The summed E-state index contributed by atoms with van der Waals surface area (Å²) in [6.45, 7) is 2.64. The number of hydrogen-bond donors (Lipinski definition) is 1. The van der Waals surface area contributed by atoms with Crippen LogP contribution in [0.15, 0.2) is 47.5 Å². The van der Waals surface area contributed by atoms with Gasteiger partial charge in [-0.05, 0) is 49.2 Å². The van der Waals surface area contributed by atoms with Crippen LogP contribution >= 0.6 is 0 Å². The Bertz CT molecular complexity index is 851. The van der Waals surface area contributed by atoms with Crippen LogP contribution in [0, 0.1) is 6.92 Å². The summed E-state index contributed by atoms with van der Waals surface area (Å²) in [7, 11) is -3.63. The number of rotatable bonds is 5. The van der Waals surface area contributed by atoms with Crippen LogP contribution in [0.3, 0.4) is 0 Å². The molecule has 1 aromatic carbocycles. The van der Waals surface area contributed by atoms with Crippen molar-refractivity contribution in [3.63, 3.8) is 0 Å². The number of nitrogens with zero attached hydrogens (tertiary/aromatic N) is 2. The van der Waals surface area contributed by atoms with Crippen molar-refractivity contribution in [3.05, 3.63) is 53.9 Å². The number of amides is 1. The summed E-state index contributed by atoms with van der Waals surface area (Å²) in [6.07, 6.45) is 3.00. The maximum absolute atomic E-state index is 12.4. The molecule has 0 saturated carbocycles. The third-order valence-electron chi connectivity index (χ3n) is 4.01. The molecule has 1 aliphatic heterocycles. The van der Waals surface area contributed by atoms with E-state index in [-0.39, 0.29) is 17.3 Å². The van der Waals surface area contributed by atoms with Crippen molar-refractivity contribution < 1.29 is 13.2 Å².